The lowest BCUT2D eigenvalue weighted by molar-refractivity contribution is 0.0982. The van der Waals surface area contributed by atoms with Gasteiger partial charge in [-0.05, 0) is 85.2 Å². The molecule has 2 aliphatic rings. The molecular weight excluding hydrogens is 515 g/mol. The monoisotopic (exact) mass is 548 g/mol. The van der Waals surface area contributed by atoms with Gasteiger partial charge in [-0.3, -0.25) is 14.5 Å². The van der Waals surface area contributed by atoms with Crippen LogP contribution in [0.4, 0.5) is 15.9 Å². The average molecular weight is 549 g/mol. The van der Waals surface area contributed by atoms with Crippen molar-refractivity contribution >= 4 is 23.3 Å². The summed E-state index contributed by atoms with van der Waals surface area (Å²) in [6.07, 6.45) is 4.47. The van der Waals surface area contributed by atoms with Gasteiger partial charge in [0.1, 0.15) is 11.6 Å². The van der Waals surface area contributed by atoms with Gasteiger partial charge in [0.15, 0.2) is 0 Å². The normalized spacial score (nSPS) is 18.6. The maximum absolute atomic E-state index is 13.8. The fraction of sp³-hybridized carbons (Fsp3) is 0.265. The Balaban J connectivity index is 1.17. The van der Waals surface area contributed by atoms with Crippen molar-refractivity contribution < 1.29 is 14.0 Å². The lowest BCUT2D eigenvalue weighted by atomic mass is 9.78. The van der Waals surface area contributed by atoms with Gasteiger partial charge in [-0.2, -0.15) is 0 Å². The van der Waals surface area contributed by atoms with Gasteiger partial charge < -0.3 is 10.2 Å². The SMILES string of the molecule is Cc1ccc(F)cc1C(=O)Nc1ccc(C(=O)N2CCC3(CCN(Cc4ccccc4)C3)Cc3ccccc32)cn1. The van der Waals surface area contributed by atoms with Crippen molar-refractivity contribution in [3.63, 3.8) is 0 Å². The second-order valence-electron chi connectivity index (χ2n) is 11.3. The number of rotatable bonds is 5. The van der Waals surface area contributed by atoms with E-state index < -0.39 is 11.7 Å². The predicted molar refractivity (Wildman–Crippen MR) is 159 cm³/mol. The van der Waals surface area contributed by atoms with E-state index in [-0.39, 0.29) is 16.9 Å². The predicted octanol–water partition coefficient (Wildman–Crippen LogP) is 6.27. The number of hydrogen-bond acceptors (Lipinski definition) is 4. The van der Waals surface area contributed by atoms with Crippen molar-refractivity contribution in [2.45, 2.75) is 32.7 Å². The Morgan fingerprint density at radius 2 is 1.73 bits per heavy atom. The van der Waals surface area contributed by atoms with Gasteiger partial charge in [0.2, 0.25) is 0 Å². The number of halogens is 1. The molecule has 41 heavy (non-hydrogen) atoms. The van der Waals surface area contributed by atoms with Crippen molar-refractivity contribution in [2.24, 2.45) is 5.41 Å². The van der Waals surface area contributed by atoms with Crippen LogP contribution in [0.5, 0.6) is 0 Å². The topological polar surface area (TPSA) is 65.5 Å². The summed E-state index contributed by atoms with van der Waals surface area (Å²) >= 11 is 0. The third-order valence-electron chi connectivity index (χ3n) is 8.42. The summed E-state index contributed by atoms with van der Waals surface area (Å²) < 4.78 is 13.7. The molecule has 1 unspecified atom stereocenters. The molecule has 1 spiro atoms. The van der Waals surface area contributed by atoms with Gasteiger partial charge in [0, 0.05) is 37.1 Å². The third-order valence-corrected chi connectivity index (χ3v) is 8.42. The van der Waals surface area contributed by atoms with Crippen molar-refractivity contribution in [2.75, 3.05) is 29.9 Å². The number of carbonyl (C=O) groups excluding carboxylic acids is 2. The number of nitrogens with zero attached hydrogens (tertiary/aromatic N) is 3. The number of anilines is 2. The highest BCUT2D eigenvalue weighted by atomic mass is 19.1. The summed E-state index contributed by atoms with van der Waals surface area (Å²) in [5.74, 6) is -0.733. The zero-order valence-electron chi connectivity index (χ0n) is 23.1. The van der Waals surface area contributed by atoms with E-state index in [1.807, 2.05) is 17.0 Å². The number of aromatic nitrogens is 1. The van der Waals surface area contributed by atoms with Gasteiger partial charge in [-0.1, -0.05) is 54.6 Å². The number of nitrogens with one attached hydrogen (secondary N) is 1. The van der Waals surface area contributed by atoms with Crippen LogP contribution in [0.3, 0.4) is 0 Å². The molecular formula is C34H33FN4O2. The Morgan fingerprint density at radius 1 is 0.951 bits per heavy atom. The molecule has 6 rings (SSSR count). The first-order valence-electron chi connectivity index (χ1n) is 14.1. The van der Waals surface area contributed by atoms with Crippen LogP contribution in [0.2, 0.25) is 0 Å². The molecule has 7 heteroatoms. The smallest absolute Gasteiger partial charge is 0.259 e. The number of likely N-dealkylation sites (tertiary alicyclic amines) is 1. The maximum Gasteiger partial charge on any atom is 0.259 e. The molecule has 1 fully saturated rings. The summed E-state index contributed by atoms with van der Waals surface area (Å²) in [5.41, 5.74) is 4.97. The number of hydrogen-bond donors (Lipinski definition) is 1. The molecule has 0 aliphatic carbocycles. The minimum absolute atomic E-state index is 0.111. The molecule has 208 valence electrons. The lowest BCUT2D eigenvalue weighted by Gasteiger charge is -2.28. The number of benzene rings is 3. The number of amides is 2. The van der Waals surface area contributed by atoms with Crippen molar-refractivity contribution in [1.29, 1.82) is 0 Å². The van der Waals surface area contributed by atoms with E-state index in [2.05, 4.69) is 57.7 Å². The minimum Gasteiger partial charge on any atom is -0.308 e. The summed E-state index contributed by atoms with van der Waals surface area (Å²) in [6, 6.07) is 26.2. The highest BCUT2D eigenvalue weighted by Crippen LogP contribution is 2.43. The van der Waals surface area contributed by atoms with E-state index >= 15 is 0 Å². The van der Waals surface area contributed by atoms with Crippen molar-refractivity contribution in [1.82, 2.24) is 9.88 Å². The molecule has 0 saturated carbocycles. The number of carbonyl (C=O) groups is 2. The van der Waals surface area contributed by atoms with Crippen molar-refractivity contribution in [3.8, 4) is 0 Å². The molecule has 1 atom stereocenters. The molecule has 1 saturated heterocycles. The summed E-state index contributed by atoms with van der Waals surface area (Å²) in [7, 11) is 0. The molecule has 1 N–H and O–H groups in total. The average Bonchev–Trinajstić information content (AvgIpc) is 3.29. The Labute approximate surface area is 239 Å². The highest BCUT2D eigenvalue weighted by molar-refractivity contribution is 6.07. The van der Waals surface area contributed by atoms with Crippen LogP contribution < -0.4 is 10.2 Å². The van der Waals surface area contributed by atoms with E-state index in [4.69, 9.17) is 0 Å². The molecule has 4 aromatic rings. The Hall–Kier alpha value is -4.36. The van der Waals surface area contributed by atoms with Gasteiger partial charge in [0.05, 0.1) is 5.56 Å². The molecule has 2 amide bonds. The number of para-hydroxylation sites is 1. The van der Waals surface area contributed by atoms with Crippen LogP contribution >= 0.6 is 0 Å². The number of pyridine rings is 1. The first-order valence-corrected chi connectivity index (χ1v) is 14.1. The Morgan fingerprint density at radius 3 is 2.54 bits per heavy atom. The zero-order valence-corrected chi connectivity index (χ0v) is 23.1. The molecule has 6 nitrogen and oxygen atoms in total. The fourth-order valence-electron chi connectivity index (χ4n) is 6.22. The first kappa shape index (κ1) is 26.8. The van der Waals surface area contributed by atoms with E-state index in [1.54, 1.807) is 25.1 Å². The molecule has 1 aromatic heterocycles. The molecule has 2 aliphatic heterocycles. The Bertz CT molecular complexity index is 1570. The maximum atomic E-state index is 13.8. The van der Waals surface area contributed by atoms with E-state index in [0.717, 1.165) is 44.6 Å². The van der Waals surface area contributed by atoms with E-state index in [9.17, 15) is 14.0 Å². The number of aryl methyl sites for hydroxylation is 1. The standard InChI is InChI=1S/C34H33FN4O2/c1-24-11-13-28(35)19-29(24)32(40)37-31-14-12-27(21-36-31)33(41)39-18-16-34(20-26-9-5-6-10-30(26)39)15-17-38(23-34)22-25-7-3-2-4-8-25/h2-14,19,21H,15-18,20,22-23H2,1H3,(H,36,37,40). The van der Waals surface area contributed by atoms with Crippen molar-refractivity contribution in [3.05, 3.63) is 125 Å². The fourth-order valence-corrected chi connectivity index (χ4v) is 6.22. The zero-order chi connectivity index (χ0) is 28.4. The van der Waals surface area contributed by atoms with Gasteiger partial charge >= 0.3 is 0 Å². The Kier molecular flexibility index (Phi) is 7.37. The van der Waals surface area contributed by atoms with Crippen LogP contribution in [-0.2, 0) is 13.0 Å². The second kappa shape index (κ2) is 11.3. The summed E-state index contributed by atoms with van der Waals surface area (Å²) in [6.45, 7) is 5.39. The first-order chi connectivity index (χ1) is 19.9. The molecule has 3 heterocycles. The number of fused-ring (bicyclic) bond motifs is 1. The molecule has 0 radical (unpaired) electrons. The van der Waals surface area contributed by atoms with Gasteiger partial charge in [0.25, 0.3) is 11.8 Å². The molecule has 0 bridgehead atoms. The van der Waals surface area contributed by atoms with Gasteiger partial charge in [-0.15, -0.1) is 0 Å². The quantitative estimate of drug-likeness (QED) is 0.319. The van der Waals surface area contributed by atoms with E-state index in [1.165, 1.54) is 29.5 Å². The minimum atomic E-state index is -0.476. The van der Waals surface area contributed by atoms with Crippen LogP contribution in [0, 0.1) is 18.2 Å². The van der Waals surface area contributed by atoms with Gasteiger partial charge in [-0.25, -0.2) is 9.37 Å². The molecule has 3 aromatic carbocycles. The summed E-state index contributed by atoms with van der Waals surface area (Å²) in [5, 5.41) is 2.71. The van der Waals surface area contributed by atoms with Crippen LogP contribution in [-0.4, -0.2) is 41.3 Å². The highest BCUT2D eigenvalue weighted by Gasteiger charge is 2.41. The largest absolute Gasteiger partial charge is 0.308 e. The van der Waals surface area contributed by atoms with Crippen LogP contribution in [0.25, 0.3) is 0 Å². The van der Waals surface area contributed by atoms with E-state index in [0.29, 0.717) is 23.5 Å². The summed E-state index contributed by atoms with van der Waals surface area (Å²) in [4.78, 5) is 35.2. The van der Waals surface area contributed by atoms with Crippen LogP contribution in [0.1, 0.15) is 50.2 Å². The third kappa shape index (κ3) is 5.77. The lowest BCUT2D eigenvalue weighted by Crippen LogP contribution is -2.34. The van der Waals surface area contributed by atoms with Crippen LogP contribution in [0.15, 0.2) is 91.1 Å². The second-order valence-corrected chi connectivity index (χ2v) is 11.3.